The van der Waals surface area contributed by atoms with Crippen molar-refractivity contribution >= 4 is 11.8 Å². The van der Waals surface area contributed by atoms with Crippen LogP contribution in [0.15, 0.2) is 46.0 Å². The number of pyridine rings is 1. The predicted octanol–water partition coefficient (Wildman–Crippen LogP) is 2.24. The highest BCUT2D eigenvalue weighted by molar-refractivity contribution is 5.79. The Hall–Kier alpha value is -2.54. The van der Waals surface area contributed by atoms with Crippen LogP contribution < -0.4 is 15.5 Å². The zero-order valence-corrected chi connectivity index (χ0v) is 16.5. The van der Waals surface area contributed by atoms with Crippen molar-refractivity contribution in [3.8, 4) is 0 Å². The maximum absolute atomic E-state index is 5.68. The number of aliphatic imine (C=N–C) groups is 1. The largest absolute Gasteiger partial charge is 0.468 e. The van der Waals surface area contributed by atoms with Crippen LogP contribution in [0, 0.1) is 0 Å². The Bertz CT molecular complexity index is 722. The van der Waals surface area contributed by atoms with Crippen LogP contribution >= 0.6 is 0 Å². The number of furan rings is 1. The van der Waals surface area contributed by atoms with Crippen LogP contribution in [0.1, 0.15) is 30.3 Å². The van der Waals surface area contributed by atoms with Crippen LogP contribution in [0.3, 0.4) is 0 Å². The number of hydrogen-bond donors (Lipinski definition) is 2. The van der Waals surface area contributed by atoms with E-state index in [2.05, 4.69) is 31.6 Å². The molecule has 27 heavy (non-hydrogen) atoms. The Balaban J connectivity index is 1.57. The zero-order chi connectivity index (χ0) is 19.1. The topological polar surface area (TPSA) is 68.9 Å². The fourth-order valence-electron chi connectivity index (χ4n) is 3.35. The standard InChI is InChI=1S/C20H30N6O/c1-21-20(22-14-16-8-6-10-19(24-16)25(2)3)23-15-17(18-9-7-13-27-18)26-11-4-5-12-26/h6-10,13,17H,4-5,11-12,14-15H2,1-3H3,(H2,21,22,23). The summed E-state index contributed by atoms with van der Waals surface area (Å²) in [6.45, 7) is 3.59. The van der Waals surface area contributed by atoms with E-state index < -0.39 is 0 Å². The molecule has 0 aromatic carbocycles. The van der Waals surface area contributed by atoms with Crippen LogP contribution in [0.4, 0.5) is 5.82 Å². The average Bonchev–Trinajstić information content (AvgIpc) is 3.39. The number of rotatable bonds is 7. The number of anilines is 1. The maximum Gasteiger partial charge on any atom is 0.191 e. The lowest BCUT2D eigenvalue weighted by atomic mass is 10.2. The van der Waals surface area contributed by atoms with Gasteiger partial charge in [-0.05, 0) is 50.2 Å². The van der Waals surface area contributed by atoms with Crippen molar-refractivity contribution in [1.29, 1.82) is 0 Å². The first kappa shape index (κ1) is 19.2. The lowest BCUT2D eigenvalue weighted by Gasteiger charge is -2.26. The van der Waals surface area contributed by atoms with Gasteiger partial charge in [0, 0.05) is 27.7 Å². The molecule has 7 heteroatoms. The van der Waals surface area contributed by atoms with Crippen LogP contribution in [-0.2, 0) is 6.54 Å². The van der Waals surface area contributed by atoms with Crippen LogP contribution in [0.2, 0.25) is 0 Å². The van der Waals surface area contributed by atoms with Crippen LogP contribution in [0.5, 0.6) is 0 Å². The molecule has 7 nitrogen and oxygen atoms in total. The van der Waals surface area contributed by atoms with E-state index in [0.29, 0.717) is 6.54 Å². The van der Waals surface area contributed by atoms with Gasteiger partial charge in [-0.3, -0.25) is 9.89 Å². The average molecular weight is 371 g/mol. The third-order valence-corrected chi connectivity index (χ3v) is 4.83. The van der Waals surface area contributed by atoms with E-state index in [1.54, 1.807) is 13.3 Å². The summed E-state index contributed by atoms with van der Waals surface area (Å²) in [5, 5.41) is 6.79. The Morgan fingerprint density at radius 1 is 1.22 bits per heavy atom. The van der Waals surface area contributed by atoms with Gasteiger partial charge in [-0.25, -0.2) is 4.98 Å². The van der Waals surface area contributed by atoms with Gasteiger partial charge < -0.3 is 20.0 Å². The van der Waals surface area contributed by atoms with Crippen molar-refractivity contribution in [1.82, 2.24) is 20.5 Å². The van der Waals surface area contributed by atoms with E-state index in [4.69, 9.17) is 4.42 Å². The SMILES string of the molecule is CN=C(NCc1cccc(N(C)C)n1)NCC(c1ccco1)N1CCCC1. The van der Waals surface area contributed by atoms with E-state index in [0.717, 1.165) is 42.9 Å². The molecule has 1 aliphatic heterocycles. The Kier molecular flexibility index (Phi) is 6.70. The molecule has 1 unspecified atom stereocenters. The number of nitrogens with zero attached hydrogens (tertiary/aromatic N) is 4. The minimum absolute atomic E-state index is 0.219. The quantitative estimate of drug-likeness (QED) is 0.575. The molecule has 0 saturated carbocycles. The molecule has 2 aromatic heterocycles. The summed E-state index contributed by atoms with van der Waals surface area (Å²) in [6.07, 6.45) is 4.24. The molecule has 1 fully saturated rings. The zero-order valence-electron chi connectivity index (χ0n) is 16.5. The first-order valence-corrected chi connectivity index (χ1v) is 9.52. The second-order valence-electron chi connectivity index (χ2n) is 6.96. The number of nitrogens with one attached hydrogen (secondary N) is 2. The Morgan fingerprint density at radius 3 is 2.70 bits per heavy atom. The van der Waals surface area contributed by atoms with E-state index >= 15 is 0 Å². The van der Waals surface area contributed by atoms with Gasteiger partial charge >= 0.3 is 0 Å². The molecule has 3 rings (SSSR count). The highest BCUT2D eigenvalue weighted by atomic mass is 16.3. The maximum atomic E-state index is 5.68. The first-order chi connectivity index (χ1) is 13.2. The minimum Gasteiger partial charge on any atom is -0.468 e. The lowest BCUT2D eigenvalue weighted by Crippen LogP contribution is -2.42. The van der Waals surface area contributed by atoms with Gasteiger partial charge in [-0.1, -0.05) is 6.07 Å². The fraction of sp³-hybridized carbons (Fsp3) is 0.500. The second kappa shape index (κ2) is 9.41. The summed E-state index contributed by atoms with van der Waals surface area (Å²) in [5.41, 5.74) is 0.978. The molecule has 1 saturated heterocycles. The van der Waals surface area contributed by atoms with Gasteiger partial charge in [0.2, 0.25) is 0 Å². The van der Waals surface area contributed by atoms with Gasteiger partial charge in [-0.2, -0.15) is 0 Å². The van der Waals surface area contributed by atoms with Gasteiger partial charge in [0.25, 0.3) is 0 Å². The van der Waals surface area contributed by atoms with E-state index in [-0.39, 0.29) is 6.04 Å². The molecule has 0 radical (unpaired) electrons. The number of guanidine groups is 1. The lowest BCUT2D eigenvalue weighted by molar-refractivity contribution is 0.215. The van der Waals surface area contributed by atoms with E-state index in [9.17, 15) is 0 Å². The van der Waals surface area contributed by atoms with Gasteiger partial charge in [0.05, 0.1) is 24.5 Å². The van der Waals surface area contributed by atoms with Crippen molar-refractivity contribution < 1.29 is 4.42 Å². The minimum atomic E-state index is 0.219. The normalized spacial score (nSPS) is 16.3. The van der Waals surface area contributed by atoms with Crippen molar-refractivity contribution in [2.45, 2.75) is 25.4 Å². The molecule has 0 amide bonds. The molecule has 146 valence electrons. The summed E-state index contributed by atoms with van der Waals surface area (Å²) in [7, 11) is 5.77. The summed E-state index contributed by atoms with van der Waals surface area (Å²) in [5.74, 6) is 2.71. The second-order valence-corrected chi connectivity index (χ2v) is 6.96. The smallest absolute Gasteiger partial charge is 0.191 e. The predicted molar refractivity (Wildman–Crippen MR) is 109 cm³/mol. The summed E-state index contributed by atoms with van der Waals surface area (Å²) >= 11 is 0. The van der Waals surface area contributed by atoms with E-state index in [1.165, 1.54) is 12.8 Å². The number of aromatic nitrogens is 1. The fourth-order valence-corrected chi connectivity index (χ4v) is 3.35. The van der Waals surface area contributed by atoms with Crippen molar-refractivity contribution in [2.24, 2.45) is 4.99 Å². The molecule has 3 heterocycles. The summed E-state index contributed by atoms with van der Waals surface area (Å²) in [6, 6.07) is 10.3. The molecule has 0 spiro atoms. The summed E-state index contributed by atoms with van der Waals surface area (Å²) in [4.78, 5) is 13.5. The third kappa shape index (κ3) is 5.23. The third-order valence-electron chi connectivity index (χ3n) is 4.83. The number of hydrogen-bond acceptors (Lipinski definition) is 5. The molecular weight excluding hydrogens is 340 g/mol. The van der Waals surface area contributed by atoms with Crippen LogP contribution in [-0.4, -0.2) is 56.6 Å². The Morgan fingerprint density at radius 2 is 2.04 bits per heavy atom. The first-order valence-electron chi connectivity index (χ1n) is 9.52. The number of likely N-dealkylation sites (tertiary alicyclic amines) is 1. The van der Waals surface area contributed by atoms with Crippen molar-refractivity contribution in [3.63, 3.8) is 0 Å². The Labute approximate surface area is 161 Å². The molecular formula is C20H30N6O. The highest BCUT2D eigenvalue weighted by Crippen LogP contribution is 2.24. The van der Waals surface area contributed by atoms with Gasteiger partial charge in [0.15, 0.2) is 5.96 Å². The molecule has 0 aliphatic carbocycles. The van der Waals surface area contributed by atoms with Crippen LogP contribution in [0.25, 0.3) is 0 Å². The van der Waals surface area contributed by atoms with Gasteiger partial charge in [-0.15, -0.1) is 0 Å². The van der Waals surface area contributed by atoms with Crippen molar-refractivity contribution in [2.75, 3.05) is 45.7 Å². The van der Waals surface area contributed by atoms with Crippen molar-refractivity contribution in [3.05, 3.63) is 48.0 Å². The monoisotopic (exact) mass is 370 g/mol. The molecule has 1 aliphatic rings. The highest BCUT2D eigenvalue weighted by Gasteiger charge is 2.25. The molecule has 1 atom stereocenters. The van der Waals surface area contributed by atoms with E-state index in [1.807, 2.05) is 43.3 Å². The summed E-state index contributed by atoms with van der Waals surface area (Å²) < 4.78 is 5.68. The molecule has 0 bridgehead atoms. The molecule has 2 aromatic rings. The van der Waals surface area contributed by atoms with Gasteiger partial charge in [0.1, 0.15) is 11.6 Å². The molecule has 2 N–H and O–H groups in total.